The Hall–Kier alpha value is -3.12. The first-order chi connectivity index (χ1) is 19.7. The lowest BCUT2D eigenvalue weighted by Gasteiger charge is -2.36. The topological polar surface area (TPSA) is 0 Å². The van der Waals surface area contributed by atoms with E-state index >= 15 is 0 Å². The third kappa shape index (κ3) is 5.43. The molecule has 0 aromatic heterocycles. The second kappa shape index (κ2) is 12.0. The van der Waals surface area contributed by atoms with Gasteiger partial charge in [0.2, 0.25) is 0 Å². The summed E-state index contributed by atoms with van der Waals surface area (Å²) >= 11 is 0. The molecule has 4 aromatic rings. The molecule has 0 spiro atoms. The first kappa shape index (κ1) is 29.4. The van der Waals surface area contributed by atoms with Gasteiger partial charge in [0.15, 0.2) is 0 Å². The van der Waals surface area contributed by atoms with Crippen LogP contribution < -0.4 is 0 Å². The largest absolute Gasteiger partial charge is 0.0714 e. The van der Waals surface area contributed by atoms with Crippen molar-refractivity contribution >= 4 is 0 Å². The van der Waals surface area contributed by atoms with E-state index in [1.165, 1.54) is 92.4 Å². The third-order valence-corrected chi connectivity index (χ3v) is 9.32. The second-order valence-corrected chi connectivity index (χ2v) is 13.3. The fourth-order valence-corrected chi connectivity index (χ4v) is 6.93. The number of benzene rings is 4. The van der Waals surface area contributed by atoms with Crippen molar-refractivity contribution in [2.45, 2.75) is 111 Å². The number of hydrogen-bond acceptors (Lipinski definition) is 0. The molecule has 0 radical (unpaired) electrons. The molecule has 0 amide bonds. The van der Waals surface area contributed by atoms with Crippen LogP contribution in [0, 0.1) is 13.8 Å². The lowest BCUT2D eigenvalue weighted by atomic mass is 9.65. The molecule has 4 aromatic carbocycles. The van der Waals surface area contributed by atoms with Crippen molar-refractivity contribution in [1.29, 1.82) is 0 Å². The van der Waals surface area contributed by atoms with E-state index in [9.17, 15) is 0 Å². The summed E-state index contributed by atoms with van der Waals surface area (Å²) in [6.45, 7) is 18.5. The zero-order chi connectivity index (χ0) is 29.3. The van der Waals surface area contributed by atoms with Crippen LogP contribution in [0.2, 0.25) is 0 Å². The normalized spacial score (nSPS) is 13.6. The fourth-order valence-electron chi connectivity index (χ4n) is 6.93. The van der Waals surface area contributed by atoms with E-state index < -0.39 is 0 Å². The highest BCUT2D eigenvalue weighted by molar-refractivity contribution is 5.87. The lowest BCUT2D eigenvalue weighted by Crippen LogP contribution is -2.30. The highest BCUT2D eigenvalue weighted by Crippen LogP contribution is 2.57. The minimum absolute atomic E-state index is 0.347. The molecule has 0 aliphatic heterocycles. The van der Waals surface area contributed by atoms with Gasteiger partial charge in [-0.2, -0.15) is 0 Å². The number of aryl methyl sites for hydroxylation is 4. The summed E-state index contributed by atoms with van der Waals surface area (Å²) in [7, 11) is 0. The van der Waals surface area contributed by atoms with Crippen LogP contribution in [0.25, 0.3) is 11.1 Å². The molecule has 1 aliphatic carbocycles. The van der Waals surface area contributed by atoms with Gasteiger partial charge in [-0.15, -0.1) is 0 Å². The summed E-state index contributed by atoms with van der Waals surface area (Å²) in [6.07, 6.45) is 7.15. The zero-order valence-electron chi connectivity index (χ0n) is 26.8. The van der Waals surface area contributed by atoms with E-state index in [2.05, 4.69) is 128 Å². The van der Waals surface area contributed by atoms with Gasteiger partial charge >= 0.3 is 0 Å². The van der Waals surface area contributed by atoms with Gasteiger partial charge in [-0.1, -0.05) is 138 Å². The molecule has 0 saturated heterocycles. The van der Waals surface area contributed by atoms with Crippen LogP contribution in [0.1, 0.15) is 135 Å². The van der Waals surface area contributed by atoms with E-state index in [-0.39, 0.29) is 5.41 Å². The molecule has 0 heterocycles. The smallest absolute Gasteiger partial charge is 0.0654 e. The van der Waals surface area contributed by atoms with E-state index in [0.29, 0.717) is 11.8 Å². The Balaban J connectivity index is 1.95. The predicted octanol–water partition coefficient (Wildman–Crippen LogP) is 11.6. The van der Waals surface area contributed by atoms with Crippen LogP contribution >= 0.6 is 0 Å². The Morgan fingerprint density at radius 1 is 0.537 bits per heavy atom. The van der Waals surface area contributed by atoms with Gasteiger partial charge in [0, 0.05) is 0 Å². The first-order valence-electron chi connectivity index (χ1n) is 16.2. The molecule has 0 bridgehead atoms. The summed E-state index contributed by atoms with van der Waals surface area (Å²) in [6, 6.07) is 29.6. The molecule has 0 N–H and O–H groups in total. The Morgan fingerprint density at radius 3 is 1.32 bits per heavy atom. The molecule has 0 atom stereocenters. The highest BCUT2D eigenvalue weighted by atomic mass is 14.5. The van der Waals surface area contributed by atoms with Crippen molar-refractivity contribution < 1.29 is 0 Å². The summed E-state index contributed by atoms with van der Waals surface area (Å²) in [5.41, 5.74) is 16.7. The van der Waals surface area contributed by atoms with Crippen LogP contribution in [-0.2, 0) is 18.3 Å². The van der Waals surface area contributed by atoms with Crippen LogP contribution in [-0.4, -0.2) is 0 Å². The minimum atomic E-state index is -0.347. The molecule has 0 heteroatoms. The summed E-state index contributed by atoms with van der Waals surface area (Å²) in [4.78, 5) is 0. The van der Waals surface area contributed by atoms with Crippen LogP contribution in [0.15, 0.2) is 72.8 Å². The molecule has 1 aliphatic rings. The van der Waals surface area contributed by atoms with Crippen molar-refractivity contribution in [2.75, 3.05) is 0 Å². The number of rotatable bonds is 10. The van der Waals surface area contributed by atoms with Crippen LogP contribution in [0.5, 0.6) is 0 Å². The Bertz CT molecular complexity index is 1410. The van der Waals surface area contributed by atoms with Crippen molar-refractivity contribution in [3.05, 3.63) is 128 Å². The number of fused-ring (bicyclic) bond motifs is 3. The summed E-state index contributed by atoms with van der Waals surface area (Å²) in [5, 5.41) is 0. The molecule has 0 unspecified atom stereocenters. The van der Waals surface area contributed by atoms with Gasteiger partial charge in [0.25, 0.3) is 0 Å². The van der Waals surface area contributed by atoms with Gasteiger partial charge < -0.3 is 0 Å². The van der Waals surface area contributed by atoms with Crippen molar-refractivity contribution in [2.24, 2.45) is 0 Å². The molecule has 41 heavy (non-hydrogen) atoms. The first-order valence-corrected chi connectivity index (χ1v) is 16.2. The fraction of sp³-hybridized carbons (Fsp3) is 0.415. The molecule has 5 rings (SSSR count). The summed E-state index contributed by atoms with van der Waals surface area (Å²) < 4.78 is 0. The van der Waals surface area contributed by atoms with Gasteiger partial charge in [-0.05, 0) is 107 Å². The maximum Gasteiger partial charge on any atom is 0.0714 e. The molecule has 0 fully saturated rings. The van der Waals surface area contributed by atoms with Crippen molar-refractivity contribution in [3.8, 4) is 11.1 Å². The van der Waals surface area contributed by atoms with Gasteiger partial charge in [-0.25, -0.2) is 0 Å². The molecular formula is C41H50. The van der Waals surface area contributed by atoms with Gasteiger partial charge in [-0.3, -0.25) is 0 Å². The summed E-state index contributed by atoms with van der Waals surface area (Å²) in [5.74, 6) is 0.953. The molecular weight excluding hydrogens is 492 g/mol. The number of hydrogen-bond donors (Lipinski definition) is 0. The van der Waals surface area contributed by atoms with Crippen LogP contribution in [0.3, 0.4) is 0 Å². The van der Waals surface area contributed by atoms with E-state index in [0.717, 1.165) is 12.8 Å². The number of unbranched alkanes of at least 4 members (excludes halogenated alkanes) is 2. The second-order valence-electron chi connectivity index (χ2n) is 13.3. The Labute approximate surface area is 250 Å². The standard InChI is InChI=1S/C41H50/c1-9-11-13-31-21-33(27(3)4)25-35(23-31)41(36-24-32(14-12-10-2)22-34(26-36)28(5)6)39-19-29(7)15-17-37(39)38-18-16-30(8)20-40(38)41/h15-28H,9-14H2,1-8H3. The quantitative estimate of drug-likeness (QED) is 0.165. The maximum absolute atomic E-state index is 2.57. The van der Waals surface area contributed by atoms with Gasteiger partial charge in [0.05, 0.1) is 5.41 Å². The average Bonchev–Trinajstić information content (AvgIpc) is 3.23. The van der Waals surface area contributed by atoms with Gasteiger partial charge in [0.1, 0.15) is 0 Å². The monoisotopic (exact) mass is 542 g/mol. The van der Waals surface area contributed by atoms with E-state index in [1.54, 1.807) is 0 Å². The Kier molecular flexibility index (Phi) is 8.60. The predicted molar refractivity (Wildman–Crippen MR) is 179 cm³/mol. The SMILES string of the molecule is CCCCc1cc(C(C)C)cc(C2(c3cc(CCCC)cc(C(C)C)c3)c3cc(C)ccc3-c3ccc(C)cc32)c1. The van der Waals surface area contributed by atoms with Crippen molar-refractivity contribution in [1.82, 2.24) is 0 Å². The molecule has 0 nitrogen and oxygen atoms in total. The Morgan fingerprint density at radius 2 is 0.951 bits per heavy atom. The van der Waals surface area contributed by atoms with E-state index in [4.69, 9.17) is 0 Å². The van der Waals surface area contributed by atoms with Crippen LogP contribution in [0.4, 0.5) is 0 Å². The van der Waals surface area contributed by atoms with E-state index in [1.807, 2.05) is 0 Å². The highest BCUT2D eigenvalue weighted by Gasteiger charge is 2.47. The zero-order valence-corrected chi connectivity index (χ0v) is 26.8. The van der Waals surface area contributed by atoms with Crippen molar-refractivity contribution in [3.63, 3.8) is 0 Å². The molecule has 0 saturated carbocycles. The third-order valence-electron chi connectivity index (χ3n) is 9.32. The average molecular weight is 543 g/mol. The lowest BCUT2D eigenvalue weighted by molar-refractivity contribution is 0.734. The minimum Gasteiger partial charge on any atom is -0.0654 e. The molecule has 214 valence electrons. The maximum atomic E-state index is 2.57.